The molecule has 0 bridgehead atoms. The van der Waals surface area contributed by atoms with Crippen molar-refractivity contribution in [3.05, 3.63) is 82.6 Å². The number of nitrogens with one attached hydrogen (secondary N) is 1. The number of aromatic nitrogens is 3. The normalized spacial score (nSPS) is 17.9. The van der Waals surface area contributed by atoms with Gasteiger partial charge < -0.3 is 20.1 Å². The first-order valence-corrected chi connectivity index (χ1v) is 14.2. The molecule has 4 heterocycles. The van der Waals surface area contributed by atoms with E-state index in [1.54, 1.807) is 17.6 Å². The van der Waals surface area contributed by atoms with Crippen molar-refractivity contribution in [2.75, 3.05) is 18.5 Å². The Morgan fingerprint density at radius 2 is 2.00 bits per heavy atom. The van der Waals surface area contributed by atoms with Gasteiger partial charge in [0, 0.05) is 29.2 Å². The largest absolute Gasteiger partial charge is 0.438 e. The summed E-state index contributed by atoms with van der Waals surface area (Å²) < 4.78 is 21.4. The minimum Gasteiger partial charge on any atom is -0.438 e. The molecule has 0 aliphatic carbocycles. The number of pyridine rings is 1. The fourth-order valence-corrected chi connectivity index (χ4v) is 6.13. The molecular formula is C30H28FN5O4S. The van der Waals surface area contributed by atoms with Gasteiger partial charge in [0.15, 0.2) is 0 Å². The molecule has 2 aliphatic rings. The van der Waals surface area contributed by atoms with E-state index < -0.39 is 23.1 Å². The molecule has 11 heteroatoms. The molecule has 2 N–H and O–H groups in total. The van der Waals surface area contributed by atoms with Gasteiger partial charge in [0.2, 0.25) is 16.9 Å². The van der Waals surface area contributed by atoms with E-state index in [4.69, 9.17) is 9.72 Å². The summed E-state index contributed by atoms with van der Waals surface area (Å²) in [6.45, 7) is 4.07. The maximum absolute atomic E-state index is 15.2. The van der Waals surface area contributed by atoms with Gasteiger partial charge in [-0.25, -0.2) is 9.37 Å². The van der Waals surface area contributed by atoms with Gasteiger partial charge in [0.1, 0.15) is 17.1 Å². The van der Waals surface area contributed by atoms with Crippen molar-refractivity contribution in [1.82, 2.24) is 20.1 Å². The highest BCUT2D eigenvalue weighted by Gasteiger charge is 2.44. The predicted octanol–water partition coefficient (Wildman–Crippen LogP) is 5.24. The van der Waals surface area contributed by atoms with Crippen LogP contribution in [0.2, 0.25) is 0 Å². The molecule has 0 spiro atoms. The Hall–Kier alpha value is -4.22. The van der Waals surface area contributed by atoms with Crippen LogP contribution in [-0.4, -0.2) is 56.2 Å². The fraction of sp³-hybridized carbons (Fsp3) is 0.300. The second-order valence-electron chi connectivity index (χ2n) is 10.8. The van der Waals surface area contributed by atoms with E-state index in [0.717, 1.165) is 17.5 Å². The number of carbonyl (C=O) groups is 2. The molecule has 2 aliphatic heterocycles. The standard InChI is InChI=1S/C30H28FN5O4S/c1-30(2,28(39)34-29-35-32-16-41-29)25-20-7-3-4-8-24(20)40-26-21(25)11-12-23(33-26)17-9-10-19(22(31)14-17)27(38)36-13-5-6-18(36)15-37/h3-4,7-12,14,16,18,25,37H,5-6,13,15H2,1-2H3,(H,34,35,39)/t18-,25-/m0/s1. The van der Waals surface area contributed by atoms with Crippen molar-refractivity contribution in [1.29, 1.82) is 0 Å². The first kappa shape index (κ1) is 27.0. The van der Waals surface area contributed by atoms with E-state index >= 15 is 4.39 Å². The van der Waals surface area contributed by atoms with Crippen molar-refractivity contribution >= 4 is 28.3 Å². The number of ether oxygens (including phenoxy) is 1. The van der Waals surface area contributed by atoms with E-state index in [0.29, 0.717) is 41.0 Å². The van der Waals surface area contributed by atoms with Crippen LogP contribution in [0.4, 0.5) is 9.52 Å². The van der Waals surface area contributed by atoms with E-state index in [1.807, 2.05) is 44.2 Å². The number of hydrogen-bond donors (Lipinski definition) is 2. The number of rotatable bonds is 6. The topological polar surface area (TPSA) is 118 Å². The van der Waals surface area contributed by atoms with E-state index in [2.05, 4.69) is 15.5 Å². The summed E-state index contributed by atoms with van der Waals surface area (Å²) in [7, 11) is 0. The molecule has 210 valence electrons. The van der Waals surface area contributed by atoms with E-state index in [9.17, 15) is 14.7 Å². The van der Waals surface area contributed by atoms with Crippen molar-refractivity contribution in [3.63, 3.8) is 0 Å². The van der Waals surface area contributed by atoms with Crippen LogP contribution in [0.1, 0.15) is 54.1 Å². The Labute approximate surface area is 240 Å². The number of aliphatic hydroxyl groups excluding tert-OH is 1. The number of aliphatic hydroxyl groups is 1. The molecule has 0 radical (unpaired) electrons. The van der Waals surface area contributed by atoms with Crippen LogP contribution < -0.4 is 10.1 Å². The predicted molar refractivity (Wildman–Crippen MR) is 151 cm³/mol. The molecule has 2 atom stereocenters. The van der Waals surface area contributed by atoms with Crippen molar-refractivity contribution in [3.8, 4) is 22.9 Å². The molecule has 9 nitrogen and oxygen atoms in total. The molecular weight excluding hydrogens is 545 g/mol. The van der Waals surface area contributed by atoms with Gasteiger partial charge in [-0.05, 0) is 37.1 Å². The third-order valence-electron chi connectivity index (χ3n) is 7.87. The summed E-state index contributed by atoms with van der Waals surface area (Å²) in [5.41, 5.74) is 3.10. The van der Waals surface area contributed by atoms with E-state index in [-0.39, 0.29) is 24.1 Å². The van der Waals surface area contributed by atoms with Gasteiger partial charge in [-0.15, -0.1) is 10.2 Å². The van der Waals surface area contributed by atoms with Gasteiger partial charge in [-0.2, -0.15) is 0 Å². The van der Waals surface area contributed by atoms with Crippen molar-refractivity contribution in [2.24, 2.45) is 5.41 Å². The number of amides is 2. The number of hydrogen-bond acceptors (Lipinski definition) is 8. The molecule has 4 aromatic rings. The zero-order valence-electron chi connectivity index (χ0n) is 22.5. The zero-order chi connectivity index (χ0) is 28.7. The van der Waals surface area contributed by atoms with Gasteiger partial charge in [-0.1, -0.05) is 55.5 Å². The van der Waals surface area contributed by atoms with Crippen LogP contribution in [0.3, 0.4) is 0 Å². The fourth-order valence-electron chi connectivity index (χ4n) is 5.69. The molecule has 1 saturated heterocycles. The Balaban J connectivity index is 1.33. The molecule has 2 amide bonds. The minimum atomic E-state index is -0.931. The quantitative estimate of drug-likeness (QED) is 0.324. The van der Waals surface area contributed by atoms with Gasteiger partial charge in [-0.3, -0.25) is 9.59 Å². The lowest BCUT2D eigenvalue weighted by Crippen LogP contribution is -2.38. The average Bonchev–Trinajstić information content (AvgIpc) is 3.67. The Morgan fingerprint density at radius 3 is 2.76 bits per heavy atom. The molecule has 2 aromatic heterocycles. The average molecular weight is 574 g/mol. The molecule has 0 unspecified atom stereocenters. The number of likely N-dealkylation sites (tertiary alicyclic amines) is 1. The van der Waals surface area contributed by atoms with Crippen LogP contribution in [0.5, 0.6) is 11.6 Å². The lowest BCUT2D eigenvalue weighted by atomic mass is 9.69. The Bertz CT molecular complexity index is 1630. The van der Waals surface area contributed by atoms with Crippen LogP contribution in [-0.2, 0) is 4.79 Å². The highest BCUT2D eigenvalue weighted by Crippen LogP contribution is 2.52. The van der Waals surface area contributed by atoms with Crippen molar-refractivity contribution in [2.45, 2.75) is 38.6 Å². The maximum Gasteiger partial charge on any atom is 0.257 e. The molecule has 2 aromatic carbocycles. The monoisotopic (exact) mass is 573 g/mol. The summed E-state index contributed by atoms with van der Waals surface area (Å²) in [6.07, 6.45) is 1.48. The lowest BCUT2D eigenvalue weighted by Gasteiger charge is -2.37. The molecule has 41 heavy (non-hydrogen) atoms. The highest BCUT2D eigenvalue weighted by molar-refractivity contribution is 7.13. The van der Waals surface area contributed by atoms with E-state index in [1.165, 1.54) is 28.4 Å². The first-order chi connectivity index (χ1) is 19.8. The smallest absolute Gasteiger partial charge is 0.257 e. The van der Waals surface area contributed by atoms with Crippen LogP contribution in [0, 0.1) is 11.2 Å². The summed E-state index contributed by atoms with van der Waals surface area (Å²) >= 11 is 1.24. The Morgan fingerprint density at radius 1 is 1.17 bits per heavy atom. The number of fused-ring (bicyclic) bond motifs is 2. The van der Waals surface area contributed by atoms with Gasteiger partial charge in [0.25, 0.3) is 5.91 Å². The van der Waals surface area contributed by atoms with Crippen LogP contribution in [0.25, 0.3) is 11.3 Å². The van der Waals surface area contributed by atoms with Crippen molar-refractivity contribution < 1.29 is 23.8 Å². The number of para-hydroxylation sites is 1. The van der Waals surface area contributed by atoms with Crippen LogP contribution >= 0.6 is 11.3 Å². The number of halogens is 1. The zero-order valence-corrected chi connectivity index (χ0v) is 23.3. The summed E-state index contributed by atoms with van der Waals surface area (Å²) in [4.78, 5) is 32.7. The first-order valence-electron chi connectivity index (χ1n) is 13.3. The third-order valence-corrected chi connectivity index (χ3v) is 8.48. The summed E-state index contributed by atoms with van der Waals surface area (Å²) in [6, 6.07) is 15.2. The minimum absolute atomic E-state index is 0.0412. The summed E-state index contributed by atoms with van der Waals surface area (Å²) in [5, 5.41) is 20.6. The number of nitrogens with zero attached hydrogens (tertiary/aromatic N) is 4. The second-order valence-corrected chi connectivity index (χ2v) is 11.6. The SMILES string of the molecule is CC(C)(C(=O)Nc1nncs1)[C@H]1c2ccccc2Oc2nc(-c3ccc(C(=O)N4CCC[C@H]4CO)c(F)c3)ccc21. The third kappa shape index (κ3) is 4.85. The summed E-state index contributed by atoms with van der Waals surface area (Å²) in [5.74, 6) is -0.799. The molecule has 0 saturated carbocycles. The lowest BCUT2D eigenvalue weighted by molar-refractivity contribution is -0.124. The van der Waals surface area contributed by atoms with Crippen LogP contribution in [0.15, 0.2) is 60.1 Å². The number of carbonyl (C=O) groups excluding carboxylic acids is 2. The highest BCUT2D eigenvalue weighted by atomic mass is 32.1. The second kappa shape index (κ2) is 10.6. The number of benzene rings is 2. The molecule has 1 fully saturated rings. The Kier molecular flexibility index (Phi) is 7.00. The van der Waals surface area contributed by atoms with Gasteiger partial charge >= 0.3 is 0 Å². The number of anilines is 1. The maximum atomic E-state index is 15.2. The van der Waals surface area contributed by atoms with Gasteiger partial charge in [0.05, 0.1) is 29.3 Å². The molecule has 6 rings (SSSR count).